The van der Waals surface area contributed by atoms with Crippen molar-refractivity contribution < 1.29 is 21.8 Å². The van der Waals surface area contributed by atoms with Gasteiger partial charge in [0, 0.05) is 19.0 Å². The Morgan fingerprint density at radius 3 is 2.19 bits per heavy atom. The number of carbonyl (C=O) groups is 1. The Morgan fingerprint density at radius 2 is 1.59 bits per heavy atom. The number of halogens is 1. The van der Waals surface area contributed by atoms with Crippen LogP contribution in [0.4, 0.5) is 4.39 Å². The van der Waals surface area contributed by atoms with E-state index in [4.69, 9.17) is 4.18 Å². The van der Waals surface area contributed by atoms with Gasteiger partial charge in [0.2, 0.25) is 5.91 Å². The molecule has 0 aliphatic heterocycles. The average molecular weight is 464 g/mol. The molecule has 1 amide bonds. The molecule has 1 unspecified atom stereocenters. The number of rotatable bonds is 13. The van der Waals surface area contributed by atoms with Gasteiger partial charge in [-0.2, -0.15) is 8.42 Å². The largest absolute Gasteiger partial charge is 0.379 e. The lowest BCUT2D eigenvalue weighted by molar-refractivity contribution is -0.134. The lowest BCUT2D eigenvalue weighted by Gasteiger charge is -2.29. The average Bonchev–Trinajstić information content (AvgIpc) is 2.78. The second-order valence-electron chi connectivity index (χ2n) is 8.08. The zero-order chi connectivity index (χ0) is 23.6. The molecule has 0 spiro atoms. The van der Waals surface area contributed by atoms with E-state index in [9.17, 15) is 17.6 Å². The topological polar surface area (TPSA) is 63.7 Å². The highest BCUT2D eigenvalue weighted by Gasteiger charge is 2.20. The molecule has 1 atom stereocenters. The van der Waals surface area contributed by atoms with Crippen LogP contribution in [0.5, 0.6) is 5.75 Å². The molecule has 0 saturated carbocycles. The van der Waals surface area contributed by atoms with E-state index < -0.39 is 15.9 Å². The van der Waals surface area contributed by atoms with Crippen LogP contribution in [0.2, 0.25) is 0 Å². The normalized spacial score (nSPS) is 12.4. The van der Waals surface area contributed by atoms with Crippen molar-refractivity contribution in [1.29, 1.82) is 0 Å². The SMILES string of the molecule is CCCCCCCC(=O)N(Cc1ccc(OS(=O)(=O)c2ccc(F)cc2)cc1)C(C)CC. The molecule has 0 aliphatic rings. The summed E-state index contributed by atoms with van der Waals surface area (Å²) in [5.74, 6) is -0.208. The van der Waals surface area contributed by atoms with Gasteiger partial charge in [-0.1, -0.05) is 51.7 Å². The van der Waals surface area contributed by atoms with E-state index in [1.54, 1.807) is 24.3 Å². The number of carbonyl (C=O) groups excluding carboxylic acids is 1. The molecular formula is C25H34FNO4S. The summed E-state index contributed by atoms with van der Waals surface area (Å²) in [7, 11) is -4.05. The van der Waals surface area contributed by atoms with Crippen LogP contribution >= 0.6 is 0 Å². The lowest BCUT2D eigenvalue weighted by atomic mass is 10.1. The van der Waals surface area contributed by atoms with Gasteiger partial charge in [-0.3, -0.25) is 4.79 Å². The second kappa shape index (κ2) is 12.6. The molecule has 32 heavy (non-hydrogen) atoms. The third-order valence-corrected chi connectivity index (χ3v) is 6.78. The van der Waals surface area contributed by atoms with Gasteiger partial charge in [-0.25, -0.2) is 4.39 Å². The van der Waals surface area contributed by atoms with Gasteiger partial charge in [0.05, 0.1) is 0 Å². The van der Waals surface area contributed by atoms with Gasteiger partial charge in [-0.15, -0.1) is 0 Å². The van der Waals surface area contributed by atoms with Gasteiger partial charge in [0.1, 0.15) is 16.5 Å². The van der Waals surface area contributed by atoms with Crippen LogP contribution in [0, 0.1) is 5.82 Å². The van der Waals surface area contributed by atoms with Crippen molar-refractivity contribution in [2.75, 3.05) is 0 Å². The fraction of sp³-hybridized carbons (Fsp3) is 0.480. The van der Waals surface area contributed by atoms with Crippen LogP contribution in [0.1, 0.15) is 71.3 Å². The number of amides is 1. The van der Waals surface area contributed by atoms with Crippen molar-refractivity contribution in [2.45, 2.75) is 83.2 Å². The molecule has 0 radical (unpaired) electrons. The van der Waals surface area contributed by atoms with Gasteiger partial charge < -0.3 is 9.08 Å². The molecule has 0 aromatic heterocycles. The minimum atomic E-state index is -4.05. The highest BCUT2D eigenvalue weighted by atomic mass is 32.2. The molecule has 5 nitrogen and oxygen atoms in total. The summed E-state index contributed by atoms with van der Waals surface area (Å²) in [5, 5.41) is 0. The first-order valence-corrected chi connectivity index (χ1v) is 12.8. The predicted octanol–water partition coefficient (Wildman–Crippen LogP) is 6.08. The quantitative estimate of drug-likeness (QED) is 0.267. The van der Waals surface area contributed by atoms with E-state index in [0.717, 1.165) is 55.5 Å². The van der Waals surface area contributed by atoms with Crippen LogP contribution in [0.15, 0.2) is 53.4 Å². The minimum Gasteiger partial charge on any atom is -0.379 e. The van der Waals surface area contributed by atoms with Gasteiger partial charge in [-0.05, 0) is 61.7 Å². The summed E-state index contributed by atoms with van der Waals surface area (Å²) in [6.07, 6.45) is 6.92. The molecular weight excluding hydrogens is 429 g/mol. The van der Waals surface area contributed by atoms with Crippen LogP contribution < -0.4 is 4.18 Å². The Bertz CT molecular complexity index is 943. The molecule has 0 fully saturated rings. The van der Waals surface area contributed by atoms with E-state index >= 15 is 0 Å². The summed E-state index contributed by atoms with van der Waals surface area (Å²) >= 11 is 0. The number of nitrogens with zero attached hydrogens (tertiary/aromatic N) is 1. The molecule has 7 heteroatoms. The second-order valence-corrected chi connectivity index (χ2v) is 9.62. The predicted molar refractivity (Wildman–Crippen MR) is 124 cm³/mol. The highest BCUT2D eigenvalue weighted by molar-refractivity contribution is 7.87. The fourth-order valence-corrected chi connectivity index (χ4v) is 4.29. The van der Waals surface area contributed by atoms with Crippen molar-refractivity contribution in [1.82, 2.24) is 4.90 Å². The lowest BCUT2D eigenvalue weighted by Crippen LogP contribution is -2.37. The van der Waals surface area contributed by atoms with E-state index in [-0.39, 0.29) is 22.6 Å². The monoisotopic (exact) mass is 463 g/mol. The van der Waals surface area contributed by atoms with Crippen molar-refractivity contribution in [2.24, 2.45) is 0 Å². The maximum atomic E-state index is 13.0. The third kappa shape index (κ3) is 7.93. The molecule has 176 valence electrons. The molecule has 0 heterocycles. The summed E-state index contributed by atoms with van der Waals surface area (Å²) in [4.78, 5) is 14.6. The summed E-state index contributed by atoms with van der Waals surface area (Å²) in [6.45, 7) is 6.74. The van der Waals surface area contributed by atoms with E-state index in [0.29, 0.717) is 13.0 Å². The van der Waals surface area contributed by atoms with Gasteiger partial charge in [0.25, 0.3) is 0 Å². The minimum absolute atomic E-state index is 0.115. The highest BCUT2D eigenvalue weighted by Crippen LogP contribution is 2.21. The fourth-order valence-electron chi connectivity index (χ4n) is 3.36. The van der Waals surface area contributed by atoms with E-state index in [1.165, 1.54) is 12.8 Å². The Kier molecular flexibility index (Phi) is 10.2. The zero-order valence-corrected chi connectivity index (χ0v) is 20.0. The first-order valence-electron chi connectivity index (χ1n) is 11.3. The first kappa shape index (κ1) is 25.8. The standard InChI is InChI=1S/C25H34FNO4S/c1-4-6-7-8-9-10-25(28)27(20(3)5-2)19-21-11-15-23(16-12-21)31-32(29,30)24-17-13-22(26)14-18-24/h11-18,20H,4-10,19H2,1-3H3. The van der Waals surface area contributed by atoms with Crippen LogP contribution in [-0.4, -0.2) is 25.3 Å². The zero-order valence-electron chi connectivity index (χ0n) is 19.2. The van der Waals surface area contributed by atoms with Crippen LogP contribution in [-0.2, 0) is 21.5 Å². The summed E-state index contributed by atoms with van der Waals surface area (Å²) in [6, 6.07) is 11.3. The molecule has 2 aromatic rings. The Balaban J connectivity index is 2.01. The first-order chi connectivity index (χ1) is 15.3. The molecule has 0 aliphatic carbocycles. The van der Waals surface area contributed by atoms with Gasteiger partial charge >= 0.3 is 10.1 Å². The van der Waals surface area contributed by atoms with Crippen molar-refractivity contribution in [3.05, 3.63) is 59.9 Å². The van der Waals surface area contributed by atoms with Crippen molar-refractivity contribution in [3.63, 3.8) is 0 Å². The molecule has 0 N–H and O–H groups in total. The number of hydrogen-bond donors (Lipinski definition) is 0. The Morgan fingerprint density at radius 1 is 0.969 bits per heavy atom. The van der Waals surface area contributed by atoms with Crippen molar-refractivity contribution in [3.8, 4) is 5.75 Å². The summed E-state index contributed by atoms with van der Waals surface area (Å²) < 4.78 is 42.9. The molecule has 2 aromatic carbocycles. The third-order valence-electron chi connectivity index (χ3n) is 5.52. The smallest absolute Gasteiger partial charge is 0.339 e. The number of unbranched alkanes of at least 4 members (excludes halogenated alkanes) is 4. The number of hydrogen-bond acceptors (Lipinski definition) is 4. The van der Waals surface area contributed by atoms with Gasteiger partial charge in [0.15, 0.2) is 0 Å². The molecule has 2 rings (SSSR count). The maximum absolute atomic E-state index is 13.0. The van der Waals surface area contributed by atoms with E-state index in [1.807, 2.05) is 11.8 Å². The Labute approximate surface area is 191 Å². The Hall–Kier alpha value is -2.41. The van der Waals surface area contributed by atoms with Crippen molar-refractivity contribution >= 4 is 16.0 Å². The maximum Gasteiger partial charge on any atom is 0.339 e. The molecule has 0 saturated heterocycles. The van der Waals surface area contributed by atoms with E-state index in [2.05, 4.69) is 13.8 Å². The summed E-state index contributed by atoms with van der Waals surface area (Å²) in [5.41, 5.74) is 0.899. The van der Waals surface area contributed by atoms with Crippen LogP contribution in [0.25, 0.3) is 0 Å². The molecule has 0 bridgehead atoms. The number of benzene rings is 2. The van der Waals surface area contributed by atoms with Crippen LogP contribution in [0.3, 0.4) is 0 Å².